The average Bonchev–Trinajstić information content (AvgIpc) is 2.75. The van der Waals surface area contributed by atoms with Gasteiger partial charge in [-0.3, -0.25) is 35.9 Å². The maximum Gasteiger partial charge on any atom is 0.374 e. The molecule has 0 bridgehead atoms. The van der Waals surface area contributed by atoms with E-state index in [1.165, 1.54) is 24.3 Å². The average molecular weight is 438 g/mol. The van der Waals surface area contributed by atoms with E-state index in [-0.39, 0.29) is 23.8 Å². The third-order valence-corrected chi connectivity index (χ3v) is 4.50. The lowest BCUT2D eigenvalue weighted by Crippen LogP contribution is -2.31. The number of hydrogen-bond donors (Lipinski definition) is 2. The number of benzene rings is 2. The van der Waals surface area contributed by atoms with Crippen molar-refractivity contribution in [2.45, 2.75) is 20.3 Å². The Kier molecular flexibility index (Phi) is 6.53. The van der Waals surface area contributed by atoms with Crippen LogP contribution in [0.4, 0.5) is 17.2 Å². The lowest BCUT2D eigenvalue weighted by atomic mass is 10.1. The van der Waals surface area contributed by atoms with E-state index in [9.17, 15) is 25.0 Å². The summed E-state index contributed by atoms with van der Waals surface area (Å²) in [6.45, 7) is 3.80. The summed E-state index contributed by atoms with van der Waals surface area (Å²) in [7, 11) is 0. The fraction of sp³-hybridized carbons (Fsp3) is 0.150. The van der Waals surface area contributed by atoms with Gasteiger partial charge in [0.05, 0.1) is 16.3 Å². The van der Waals surface area contributed by atoms with Gasteiger partial charge in [-0.05, 0) is 42.7 Å². The minimum atomic E-state index is -0.721. The molecule has 0 spiro atoms. The summed E-state index contributed by atoms with van der Waals surface area (Å²) in [6.07, 6.45) is 0.948. The summed E-state index contributed by atoms with van der Waals surface area (Å²) in [5.74, 6) is -0.729. The molecule has 1 heterocycles. The Balaban J connectivity index is 1.72. The monoisotopic (exact) mass is 438 g/mol. The van der Waals surface area contributed by atoms with Crippen molar-refractivity contribution in [1.29, 1.82) is 0 Å². The fourth-order valence-electron chi connectivity index (χ4n) is 2.68. The van der Waals surface area contributed by atoms with E-state index in [1.807, 2.05) is 19.9 Å². The number of non-ortho nitro benzene ring substituents is 1. The summed E-state index contributed by atoms with van der Waals surface area (Å²) in [5, 5.41) is 22.3. The molecule has 0 aliphatic carbocycles. The fourth-order valence-corrected chi connectivity index (χ4v) is 2.68. The van der Waals surface area contributed by atoms with Crippen LogP contribution in [0.2, 0.25) is 0 Å². The predicted octanol–water partition coefficient (Wildman–Crippen LogP) is 3.39. The van der Waals surface area contributed by atoms with E-state index in [2.05, 4.69) is 20.8 Å². The summed E-state index contributed by atoms with van der Waals surface area (Å²) in [4.78, 5) is 40.9. The minimum absolute atomic E-state index is 0.0970. The Bertz CT molecular complexity index is 1180. The highest BCUT2D eigenvalue weighted by Crippen LogP contribution is 2.34. The quantitative estimate of drug-likeness (QED) is 0.396. The van der Waals surface area contributed by atoms with Gasteiger partial charge in [0.1, 0.15) is 12.1 Å². The van der Waals surface area contributed by atoms with Crippen LogP contribution in [0.1, 0.15) is 16.7 Å². The first-order chi connectivity index (χ1) is 15.2. The Morgan fingerprint density at radius 3 is 2.34 bits per heavy atom. The van der Waals surface area contributed by atoms with Gasteiger partial charge >= 0.3 is 11.6 Å². The SMILES string of the molecule is Cc1ccc(Oc2ncnc(NNC(=O)Cc3ccc([N+](=O)[O-])cc3)c2[N+](=O)[O-])cc1C. The van der Waals surface area contributed by atoms with Gasteiger partial charge in [-0.15, -0.1) is 0 Å². The zero-order valence-electron chi connectivity index (χ0n) is 17.1. The van der Waals surface area contributed by atoms with Gasteiger partial charge in [0.25, 0.3) is 5.69 Å². The highest BCUT2D eigenvalue weighted by Gasteiger charge is 2.25. The molecule has 164 valence electrons. The molecule has 2 N–H and O–H groups in total. The van der Waals surface area contributed by atoms with Crippen LogP contribution in [0.25, 0.3) is 0 Å². The number of ether oxygens (including phenoxy) is 1. The first-order valence-corrected chi connectivity index (χ1v) is 9.27. The van der Waals surface area contributed by atoms with Gasteiger partial charge in [0, 0.05) is 12.1 Å². The van der Waals surface area contributed by atoms with Crippen molar-refractivity contribution in [3.63, 3.8) is 0 Å². The number of nitro groups is 2. The van der Waals surface area contributed by atoms with E-state index in [0.717, 1.165) is 17.5 Å². The van der Waals surface area contributed by atoms with Crippen LogP contribution in [-0.2, 0) is 11.2 Å². The maximum atomic E-state index is 12.2. The molecular formula is C20H18N6O6. The van der Waals surface area contributed by atoms with Crippen molar-refractivity contribution in [2.75, 3.05) is 5.43 Å². The number of amides is 1. The van der Waals surface area contributed by atoms with Crippen LogP contribution in [0, 0.1) is 34.1 Å². The lowest BCUT2D eigenvalue weighted by Gasteiger charge is -2.11. The van der Waals surface area contributed by atoms with Gasteiger partial charge in [-0.2, -0.15) is 4.98 Å². The number of aromatic nitrogens is 2. The second-order valence-electron chi connectivity index (χ2n) is 6.75. The number of nitrogens with one attached hydrogen (secondary N) is 2. The van der Waals surface area contributed by atoms with Crippen molar-refractivity contribution in [3.05, 3.63) is 85.7 Å². The van der Waals surface area contributed by atoms with Crippen LogP contribution in [0.15, 0.2) is 48.8 Å². The molecule has 1 aromatic heterocycles. The Hall–Kier alpha value is -4.61. The van der Waals surface area contributed by atoms with Crippen molar-refractivity contribution >= 4 is 23.1 Å². The zero-order valence-corrected chi connectivity index (χ0v) is 17.1. The van der Waals surface area contributed by atoms with Crippen LogP contribution >= 0.6 is 0 Å². The van der Waals surface area contributed by atoms with Crippen LogP contribution in [-0.4, -0.2) is 25.7 Å². The van der Waals surface area contributed by atoms with E-state index >= 15 is 0 Å². The number of carbonyl (C=O) groups is 1. The largest absolute Gasteiger partial charge is 0.434 e. The normalized spacial score (nSPS) is 10.3. The molecule has 0 saturated carbocycles. The molecule has 3 rings (SSSR count). The second-order valence-corrected chi connectivity index (χ2v) is 6.75. The summed E-state index contributed by atoms with van der Waals surface area (Å²) >= 11 is 0. The molecule has 0 fully saturated rings. The van der Waals surface area contributed by atoms with E-state index in [0.29, 0.717) is 11.3 Å². The van der Waals surface area contributed by atoms with Gasteiger partial charge in [-0.1, -0.05) is 18.2 Å². The molecule has 2 aromatic carbocycles. The summed E-state index contributed by atoms with van der Waals surface area (Å²) in [5.41, 5.74) is 6.57. The molecule has 0 atom stereocenters. The highest BCUT2D eigenvalue weighted by atomic mass is 16.6. The summed E-state index contributed by atoms with van der Waals surface area (Å²) in [6, 6.07) is 10.6. The number of rotatable bonds is 8. The molecule has 32 heavy (non-hydrogen) atoms. The maximum absolute atomic E-state index is 12.2. The van der Waals surface area contributed by atoms with Gasteiger partial charge in [-0.25, -0.2) is 4.98 Å². The number of anilines is 1. The zero-order chi connectivity index (χ0) is 23.3. The van der Waals surface area contributed by atoms with E-state index in [1.54, 1.807) is 12.1 Å². The smallest absolute Gasteiger partial charge is 0.374 e. The minimum Gasteiger partial charge on any atom is -0.434 e. The predicted molar refractivity (Wildman–Crippen MR) is 113 cm³/mol. The molecule has 0 radical (unpaired) electrons. The summed E-state index contributed by atoms with van der Waals surface area (Å²) < 4.78 is 5.58. The number of hydrazine groups is 1. The first kappa shape index (κ1) is 22.1. The first-order valence-electron chi connectivity index (χ1n) is 9.27. The van der Waals surface area contributed by atoms with Gasteiger partial charge in [0.15, 0.2) is 0 Å². The van der Waals surface area contributed by atoms with Gasteiger partial charge < -0.3 is 4.74 Å². The molecule has 0 aliphatic heterocycles. The number of carbonyl (C=O) groups excluding carboxylic acids is 1. The van der Waals surface area contributed by atoms with E-state index < -0.39 is 21.4 Å². The van der Waals surface area contributed by atoms with Crippen molar-refractivity contribution in [1.82, 2.24) is 15.4 Å². The molecule has 12 heteroatoms. The van der Waals surface area contributed by atoms with Crippen molar-refractivity contribution in [3.8, 4) is 11.6 Å². The molecule has 1 amide bonds. The highest BCUT2D eigenvalue weighted by molar-refractivity contribution is 5.80. The van der Waals surface area contributed by atoms with Crippen LogP contribution < -0.4 is 15.6 Å². The standard InChI is InChI=1S/C20H18N6O6/c1-12-3-8-16(9-13(12)2)32-20-18(26(30)31)19(21-11-22-20)24-23-17(27)10-14-4-6-15(7-5-14)25(28)29/h3-9,11H,10H2,1-2H3,(H,23,27)(H,21,22,24). The third kappa shape index (κ3) is 5.30. The van der Waals surface area contributed by atoms with Crippen LogP contribution in [0.3, 0.4) is 0 Å². The van der Waals surface area contributed by atoms with Crippen LogP contribution in [0.5, 0.6) is 11.6 Å². The number of hydrogen-bond acceptors (Lipinski definition) is 9. The Morgan fingerprint density at radius 1 is 1.00 bits per heavy atom. The Morgan fingerprint density at radius 2 is 1.72 bits per heavy atom. The molecule has 0 saturated heterocycles. The molecule has 0 unspecified atom stereocenters. The van der Waals surface area contributed by atoms with E-state index in [4.69, 9.17) is 4.74 Å². The molecule has 3 aromatic rings. The number of nitrogens with zero attached hydrogens (tertiary/aromatic N) is 4. The Labute approximate surface area is 181 Å². The number of nitro benzene ring substituents is 1. The van der Waals surface area contributed by atoms with Crippen molar-refractivity contribution in [2.24, 2.45) is 0 Å². The third-order valence-electron chi connectivity index (χ3n) is 4.50. The molecule has 0 aliphatic rings. The van der Waals surface area contributed by atoms with Gasteiger partial charge in [0.2, 0.25) is 11.7 Å². The molecule has 12 nitrogen and oxygen atoms in total. The topological polar surface area (TPSA) is 162 Å². The number of aryl methyl sites for hydroxylation is 2. The second kappa shape index (κ2) is 9.47. The lowest BCUT2D eigenvalue weighted by molar-refractivity contribution is -0.385. The van der Waals surface area contributed by atoms with Crippen molar-refractivity contribution < 1.29 is 19.4 Å². The molecular weight excluding hydrogens is 420 g/mol.